The molecule has 2 heterocycles. The van der Waals surface area contributed by atoms with E-state index in [9.17, 15) is 0 Å². The zero-order valence-corrected chi connectivity index (χ0v) is 8.58. The molecule has 0 radical (unpaired) electrons. The van der Waals surface area contributed by atoms with Gasteiger partial charge in [0.05, 0.1) is 0 Å². The van der Waals surface area contributed by atoms with E-state index in [-0.39, 0.29) is 0 Å². The van der Waals surface area contributed by atoms with Gasteiger partial charge in [0.2, 0.25) is 5.88 Å². The Kier molecular flexibility index (Phi) is 1.78. The molecule has 0 saturated heterocycles. The normalized spacial score (nSPS) is 13.7. The first-order valence-electron chi connectivity index (χ1n) is 5.14. The lowest BCUT2D eigenvalue weighted by Crippen LogP contribution is -1.92. The molecule has 1 aromatic carbocycles. The van der Waals surface area contributed by atoms with E-state index in [1.165, 1.54) is 11.1 Å². The van der Waals surface area contributed by atoms with Gasteiger partial charge in [-0.15, -0.1) is 0 Å². The first kappa shape index (κ1) is 8.53. The van der Waals surface area contributed by atoms with E-state index in [0.717, 1.165) is 30.1 Å². The molecule has 1 aliphatic rings. The van der Waals surface area contributed by atoms with Crippen LogP contribution in [0.5, 0.6) is 0 Å². The average Bonchev–Trinajstić information content (AvgIpc) is 2.77. The molecule has 2 aromatic rings. The van der Waals surface area contributed by atoms with Crippen LogP contribution in [0.4, 0.5) is 5.88 Å². The Bertz CT molecular complexity index is 502. The van der Waals surface area contributed by atoms with Crippen LogP contribution in [-0.2, 0) is 6.42 Å². The maximum atomic E-state index is 5.24. The van der Waals surface area contributed by atoms with Crippen LogP contribution in [0, 0.1) is 6.92 Å². The molecule has 0 aliphatic carbocycles. The number of aromatic nitrogens is 1. The van der Waals surface area contributed by atoms with Crippen LogP contribution in [0.3, 0.4) is 0 Å². The molecule has 0 amide bonds. The third-order valence-electron chi connectivity index (χ3n) is 2.74. The molecule has 0 saturated carbocycles. The molecular weight excluding hydrogens is 188 g/mol. The fourth-order valence-corrected chi connectivity index (χ4v) is 2.00. The molecular formula is C12H12N2O. The third-order valence-corrected chi connectivity index (χ3v) is 2.74. The lowest BCUT2D eigenvalue weighted by Gasteiger charge is -1.99. The highest BCUT2D eigenvalue weighted by atomic mass is 16.5. The van der Waals surface area contributed by atoms with E-state index in [1.54, 1.807) is 0 Å². The largest absolute Gasteiger partial charge is 0.353 e. The van der Waals surface area contributed by atoms with Gasteiger partial charge in [0, 0.05) is 17.7 Å². The molecule has 76 valence electrons. The van der Waals surface area contributed by atoms with Gasteiger partial charge in [-0.25, -0.2) is 0 Å². The van der Waals surface area contributed by atoms with Gasteiger partial charge in [0.1, 0.15) is 5.69 Å². The quantitative estimate of drug-likeness (QED) is 0.769. The van der Waals surface area contributed by atoms with Gasteiger partial charge in [-0.1, -0.05) is 28.9 Å². The van der Waals surface area contributed by atoms with Crippen molar-refractivity contribution >= 4 is 5.88 Å². The van der Waals surface area contributed by atoms with E-state index in [2.05, 4.69) is 35.6 Å². The van der Waals surface area contributed by atoms with E-state index >= 15 is 0 Å². The van der Waals surface area contributed by atoms with E-state index in [0.29, 0.717) is 0 Å². The second-order valence-corrected chi connectivity index (χ2v) is 3.89. The number of benzene rings is 1. The summed E-state index contributed by atoms with van der Waals surface area (Å²) in [6.07, 6.45) is 1.00. The van der Waals surface area contributed by atoms with Crippen molar-refractivity contribution in [1.82, 2.24) is 5.16 Å². The predicted molar refractivity (Wildman–Crippen MR) is 58.9 cm³/mol. The van der Waals surface area contributed by atoms with Gasteiger partial charge < -0.3 is 9.84 Å². The van der Waals surface area contributed by atoms with Crippen molar-refractivity contribution in [2.45, 2.75) is 13.3 Å². The number of nitrogens with zero attached hydrogens (tertiary/aromatic N) is 1. The highest BCUT2D eigenvalue weighted by Crippen LogP contribution is 2.32. The Balaban J connectivity index is 2.13. The van der Waals surface area contributed by atoms with Crippen molar-refractivity contribution in [2.24, 2.45) is 0 Å². The predicted octanol–water partition coefficient (Wildman–Crippen LogP) is 2.62. The molecule has 0 fully saturated rings. The minimum Gasteiger partial charge on any atom is -0.353 e. The van der Waals surface area contributed by atoms with Crippen molar-refractivity contribution < 1.29 is 4.52 Å². The van der Waals surface area contributed by atoms with Gasteiger partial charge in [-0.05, 0) is 19.4 Å². The van der Waals surface area contributed by atoms with Crippen LogP contribution in [0.1, 0.15) is 11.1 Å². The summed E-state index contributed by atoms with van der Waals surface area (Å²) in [7, 11) is 0. The van der Waals surface area contributed by atoms with Crippen LogP contribution in [-0.4, -0.2) is 11.7 Å². The molecule has 1 aliphatic heterocycles. The monoisotopic (exact) mass is 200 g/mol. The van der Waals surface area contributed by atoms with Gasteiger partial charge in [0.25, 0.3) is 0 Å². The highest BCUT2D eigenvalue weighted by Gasteiger charge is 2.21. The molecule has 1 aromatic heterocycles. The number of hydrogen-bond donors (Lipinski definition) is 1. The summed E-state index contributed by atoms with van der Waals surface area (Å²) in [5, 5.41) is 7.29. The Morgan fingerprint density at radius 1 is 1.40 bits per heavy atom. The van der Waals surface area contributed by atoms with Crippen molar-refractivity contribution in [3.63, 3.8) is 0 Å². The fraction of sp³-hybridized carbons (Fsp3) is 0.250. The maximum Gasteiger partial charge on any atom is 0.228 e. The molecule has 0 atom stereocenters. The molecule has 3 nitrogen and oxygen atoms in total. The molecule has 3 heteroatoms. The van der Waals surface area contributed by atoms with E-state index in [4.69, 9.17) is 4.52 Å². The van der Waals surface area contributed by atoms with Crippen LogP contribution in [0.25, 0.3) is 11.3 Å². The lowest BCUT2D eigenvalue weighted by atomic mass is 10.0. The van der Waals surface area contributed by atoms with Gasteiger partial charge in [0.15, 0.2) is 0 Å². The Morgan fingerprint density at radius 2 is 2.33 bits per heavy atom. The number of fused-ring (bicyclic) bond motifs is 1. The lowest BCUT2D eigenvalue weighted by molar-refractivity contribution is 0.436. The van der Waals surface area contributed by atoms with Crippen LogP contribution in [0.15, 0.2) is 28.8 Å². The van der Waals surface area contributed by atoms with Crippen LogP contribution >= 0.6 is 0 Å². The first-order valence-corrected chi connectivity index (χ1v) is 5.14. The van der Waals surface area contributed by atoms with E-state index < -0.39 is 0 Å². The number of nitrogens with one attached hydrogen (secondary N) is 1. The van der Waals surface area contributed by atoms with Crippen molar-refractivity contribution in [2.75, 3.05) is 11.9 Å². The first-order chi connectivity index (χ1) is 7.34. The molecule has 3 rings (SSSR count). The third kappa shape index (κ3) is 1.31. The topological polar surface area (TPSA) is 38.1 Å². The Labute approximate surface area is 88.1 Å². The highest BCUT2D eigenvalue weighted by molar-refractivity contribution is 5.69. The smallest absolute Gasteiger partial charge is 0.228 e. The molecule has 0 bridgehead atoms. The minimum atomic E-state index is 0.839. The standard InChI is InChI=1S/C12H12N2O/c1-8-3-2-4-9(7-8)11-10-5-6-13-12(10)15-14-11/h2-4,7,13H,5-6H2,1H3. The fourth-order valence-electron chi connectivity index (χ4n) is 2.00. The average molecular weight is 200 g/mol. The van der Waals surface area contributed by atoms with Crippen molar-refractivity contribution in [3.05, 3.63) is 35.4 Å². The Morgan fingerprint density at radius 3 is 3.20 bits per heavy atom. The van der Waals surface area contributed by atoms with Crippen LogP contribution < -0.4 is 5.32 Å². The summed E-state index contributed by atoms with van der Waals surface area (Å²) in [6, 6.07) is 8.34. The zero-order valence-electron chi connectivity index (χ0n) is 8.58. The summed E-state index contributed by atoms with van der Waals surface area (Å²) in [6.45, 7) is 3.04. The van der Waals surface area contributed by atoms with Crippen molar-refractivity contribution in [1.29, 1.82) is 0 Å². The molecule has 1 N–H and O–H groups in total. The van der Waals surface area contributed by atoms with E-state index in [1.807, 2.05) is 6.07 Å². The second kappa shape index (κ2) is 3.12. The number of aryl methyl sites for hydroxylation is 1. The molecule has 15 heavy (non-hydrogen) atoms. The summed E-state index contributed by atoms with van der Waals surface area (Å²) in [5.41, 5.74) is 4.58. The summed E-state index contributed by atoms with van der Waals surface area (Å²) >= 11 is 0. The van der Waals surface area contributed by atoms with Crippen LogP contribution in [0.2, 0.25) is 0 Å². The summed E-state index contributed by atoms with van der Waals surface area (Å²) in [4.78, 5) is 0. The molecule has 0 unspecified atom stereocenters. The summed E-state index contributed by atoms with van der Waals surface area (Å²) < 4.78 is 5.24. The van der Waals surface area contributed by atoms with Gasteiger partial charge >= 0.3 is 0 Å². The molecule has 0 spiro atoms. The van der Waals surface area contributed by atoms with Gasteiger partial charge in [-0.3, -0.25) is 0 Å². The SMILES string of the molecule is Cc1cccc(-c2noc3c2CCN3)c1. The number of hydrogen-bond acceptors (Lipinski definition) is 3. The summed E-state index contributed by atoms with van der Waals surface area (Å²) in [5.74, 6) is 0.839. The second-order valence-electron chi connectivity index (χ2n) is 3.89. The van der Waals surface area contributed by atoms with Crippen molar-refractivity contribution in [3.8, 4) is 11.3 Å². The minimum absolute atomic E-state index is 0.839. The zero-order chi connectivity index (χ0) is 10.3. The Hall–Kier alpha value is -1.77. The number of rotatable bonds is 1. The maximum absolute atomic E-state index is 5.24. The number of anilines is 1. The van der Waals surface area contributed by atoms with Gasteiger partial charge in [-0.2, -0.15) is 0 Å².